The zero-order chi connectivity index (χ0) is 21.4. The van der Waals surface area contributed by atoms with E-state index >= 15 is 0 Å². The first-order valence-corrected chi connectivity index (χ1v) is 11.4. The Bertz CT molecular complexity index is 974. The molecule has 0 atom stereocenters. The number of anilines is 2. The number of ether oxygens (including phenoxy) is 1. The molecule has 0 aliphatic carbocycles. The molecule has 1 aromatic carbocycles. The van der Waals surface area contributed by atoms with Crippen LogP contribution in [0.5, 0.6) is 0 Å². The number of nitrogens with zero attached hydrogens (tertiary/aromatic N) is 4. The van der Waals surface area contributed by atoms with Gasteiger partial charge in [0.2, 0.25) is 0 Å². The second-order valence-corrected chi connectivity index (χ2v) is 9.33. The Morgan fingerprint density at radius 2 is 1.84 bits per heavy atom. The summed E-state index contributed by atoms with van der Waals surface area (Å²) in [6.45, 7) is 8.04. The number of carbonyl (C=O) groups excluding carboxylic acids is 1. The van der Waals surface area contributed by atoms with Gasteiger partial charge in [-0.3, -0.25) is 4.98 Å². The average Bonchev–Trinajstić information content (AvgIpc) is 3.17. The maximum absolute atomic E-state index is 11.8. The Kier molecular flexibility index (Phi) is 5.30. The number of nitrogen functional groups attached to an aromatic ring is 1. The van der Waals surface area contributed by atoms with Crippen LogP contribution in [0, 0.1) is 12.3 Å². The molecule has 3 aliphatic rings. The number of nitrogens with two attached hydrogens (primary N) is 1. The van der Waals surface area contributed by atoms with E-state index in [1.807, 2.05) is 12.3 Å². The second kappa shape index (κ2) is 8.11. The number of esters is 1. The minimum atomic E-state index is -0.181. The summed E-state index contributed by atoms with van der Waals surface area (Å²) in [4.78, 5) is 25.3. The number of likely N-dealkylation sites (tertiary alicyclic amines) is 1. The molecule has 164 valence electrons. The van der Waals surface area contributed by atoms with E-state index in [0.29, 0.717) is 17.8 Å². The van der Waals surface area contributed by atoms with Gasteiger partial charge in [0, 0.05) is 25.2 Å². The molecule has 4 heterocycles. The van der Waals surface area contributed by atoms with Crippen molar-refractivity contribution in [2.75, 3.05) is 43.4 Å². The van der Waals surface area contributed by atoms with Crippen molar-refractivity contribution >= 4 is 17.6 Å². The molecule has 2 saturated heterocycles. The van der Waals surface area contributed by atoms with E-state index in [0.717, 1.165) is 43.0 Å². The van der Waals surface area contributed by atoms with Crippen molar-refractivity contribution in [2.45, 2.75) is 45.6 Å². The standard InChI is InChI=1S/C24H31N5O2/c1-17-18(2-3-19-20(17)16-31-23(19)30)4-9-28-10-5-24(6-11-28)7-12-29(13-8-24)22-15-26-14-21(25)27-22/h2-3,14-15H,4-13,16H2,1H3,(H2,25,27). The van der Waals surface area contributed by atoms with Crippen molar-refractivity contribution in [1.29, 1.82) is 0 Å². The van der Waals surface area contributed by atoms with Crippen molar-refractivity contribution in [1.82, 2.24) is 14.9 Å². The van der Waals surface area contributed by atoms with Crippen molar-refractivity contribution in [3.05, 3.63) is 46.8 Å². The first kappa shape index (κ1) is 20.2. The van der Waals surface area contributed by atoms with E-state index in [2.05, 4.69) is 32.8 Å². The zero-order valence-electron chi connectivity index (χ0n) is 18.3. The van der Waals surface area contributed by atoms with Gasteiger partial charge in [0.15, 0.2) is 0 Å². The number of rotatable bonds is 4. The molecule has 0 unspecified atom stereocenters. The van der Waals surface area contributed by atoms with Crippen LogP contribution >= 0.6 is 0 Å². The van der Waals surface area contributed by atoms with E-state index in [1.54, 1.807) is 6.20 Å². The summed E-state index contributed by atoms with van der Waals surface area (Å²) in [5.74, 6) is 1.22. The molecule has 31 heavy (non-hydrogen) atoms. The monoisotopic (exact) mass is 421 g/mol. The molecule has 2 fully saturated rings. The van der Waals surface area contributed by atoms with Crippen molar-refractivity contribution in [3.8, 4) is 0 Å². The van der Waals surface area contributed by atoms with Gasteiger partial charge in [-0.1, -0.05) is 6.07 Å². The van der Waals surface area contributed by atoms with E-state index in [1.165, 1.54) is 49.9 Å². The number of hydrogen-bond acceptors (Lipinski definition) is 7. The van der Waals surface area contributed by atoms with Crippen molar-refractivity contribution < 1.29 is 9.53 Å². The predicted molar refractivity (Wildman–Crippen MR) is 120 cm³/mol. The SMILES string of the molecule is Cc1c(CCN2CCC3(CC2)CCN(c2cncc(N)n2)CC3)ccc2c1COC2=O. The van der Waals surface area contributed by atoms with E-state index in [-0.39, 0.29) is 5.97 Å². The average molecular weight is 422 g/mol. The third kappa shape index (κ3) is 3.99. The summed E-state index contributed by atoms with van der Waals surface area (Å²) in [5, 5.41) is 0. The number of cyclic esters (lactones) is 1. The van der Waals surface area contributed by atoms with Crippen LogP contribution in [0.2, 0.25) is 0 Å². The smallest absolute Gasteiger partial charge is 0.338 e. The minimum Gasteiger partial charge on any atom is -0.457 e. The number of fused-ring (bicyclic) bond motifs is 1. The van der Waals surface area contributed by atoms with Gasteiger partial charge < -0.3 is 20.3 Å². The van der Waals surface area contributed by atoms with E-state index < -0.39 is 0 Å². The predicted octanol–water partition coefficient (Wildman–Crippen LogP) is 2.96. The van der Waals surface area contributed by atoms with Crippen LogP contribution < -0.4 is 10.6 Å². The Balaban J connectivity index is 1.13. The molecule has 5 rings (SSSR count). The van der Waals surface area contributed by atoms with Crippen molar-refractivity contribution in [2.24, 2.45) is 5.41 Å². The Morgan fingerprint density at radius 1 is 1.10 bits per heavy atom. The van der Waals surface area contributed by atoms with Crippen LogP contribution in [0.3, 0.4) is 0 Å². The largest absolute Gasteiger partial charge is 0.457 e. The number of benzene rings is 1. The summed E-state index contributed by atoms with van der Waals surface area (Å²) in [6.07, 6.45) is 9.43. The lowest BCUT2D eigenvalue weighted by Crippen LogP contribution is -2.47. The maximum Gasteiger partial charge on any atom is 0.338 e. The minimum absolute atomic E-state index is 0.181. The third-order valence-electron chi connectivity index (χ3n) is 7.68. The normalized spacial score (nSPS) is 20.7. The van der Waals surface area contributed by atoms with Gasteiger partial charge in [-0.2, -0.15) is 0 Å². The fourth-order valence-corrected chi connectivity index (χ4v) is 5.43. The molecule has 7 nitrogen and oxygen atoms in total. The Hall–Kier alpha value is -2.67. The molecular weight excluding hydrogens is 390 g/mol. The highest BCUT2D eigenvalue weighted by Gasteiger charge is 2.37. The summed E-state index contributed by atoms with van der Waals surface area (Å²) < 4.78 is 5.19. The lowest BCUT2D eigenvalue weighted by molar-refractivity contribution is 0.0535. The highest BCUT2D eigenvalue weighted by atomic mass is 16.5. The molecule has 1 aromatic heterocycles. The maximum atomic E-state index is 11.8. The molecule has 0 bridgehead atoms. The summed E-state index contributed by atoms with van der Waals surface area (Å²) >= 11 is 0. The summed E-state index contributed by atoms with van der Waals surface area (Å²) in [6, 6.07) is 4.05. The van der Waals surface area contributed by atoms with E-state index in [4.69, 9.17) is 10.5 Å². The molecule has 3 aliphatic heterocycles. The molecule has 7 heteroatoms. The first-order chi connectivity index (χ1) is 15.0. The molecule has 0 amide bonds. The molecule has 2 N–H and O–H groups in total. The quantitative estimate of drug-likeness (QED) is 0.760. The van der Waals surface area contributed by atoms with Crippen LogP contribution in [0.25, 0.3) is 0 Å². The van der Waals surface area contributed by atoms with Crippen LogP contribution in [0.1, 0.15) is 52.7 Å². The van der Waals surface area contributed by atoms with Gasteiger partial charge >= 0.3 is 5.97 Å². The Labute approximate surface area is 183 Å². The zero-order valence-corrected chi connectivity index (χ0v) is 18.3. The molecule has 0 radical (unpaired) electrons. The lowest BCUT2D eigenvalue weighted by Gasteiger charge is -2.47. The summed E-state index contributed by atoms with van der Waals surface area (Å²) in [7, 11) is 0. The second-order valence-electron chi connectivity index (χ2n) is 9.33. The van der Waals surface area contributed by atoms with Crippen molar-refractivity contribution in [3.63, 3.8) is 0 Å². The van der Waals surface area contributed by atoms with Gasteiger partial charge in [0.1, 0.15) is 18.2 Å². The van der Waals surface area contributed by atoms with Crippen LogP contribution in [0.4, 0.5) is 11.6 Å². The summed E-state index contributed by atoms with van der Waals surface area (Å²) in [5.41, 5.74) is 10.7. The van der Waals surface area contributed by atoms with Crippen LogP contribution in [-0.4, -0.2) is 53.6 Å². The van der Waals surface area contributed by atoms with E-state index in [9.17, 15) is 4.79 Å². The Morgan fingerprint density at radius 3 is 2.58 bits per heavy atom. The molecule has 0 saturated carbocycles. The number of hydrogen-bond donors (Lipinski definition) is 1. The van der Waals surface area contributed by atoms with Gasteiger partial charge in [-0.25, -0.2) is 9.78 Å². The van der Waals surface area contributed by atoms with Crippen LogP contribution in [-0.2, 0) is 17.8 Å². The van der Waals surface area contributed by atoms with Gasteiger partial charge in [0.25, 0.3) is 0 Å². The number of aromatic nitrogens is 2. The molecule has 1 spiro atoms. The third-order valence-corrected chi connectivity index (χ3v) is 7.68. The highest BCUT2D eigenvalue weighted by Crippen LogP contribution is 2.42. The topological polar surface area (TPSA) is 84.6 Å². The molecule has 2 aromatic rings. The fraction of sp³-hybridized carbons (Fsp3) is 0.542. The highest BCUT2D eigenvalue weighted by molar-refractivity contribution is 5.93. The molecular formula is C24H31N5O2. The van der Waals surface area contributed by atoms with Crippen LogP contribution in [0.15, 0.2) is 24.5 Å². The van der Waals surface area contributed by atoms with Gasteiger partial charge in [0.05, 0.1) is 18.0 Å². The lowest BCUT2D eigenvalue weighted by atomic mass is 9.71. The van der Waals surface area contributed by atoms with Gasteiger partial charge in [-0.15, -0.1) is 0 Å². The number of piperidine rings is 2. The van der Waals surface area contributed by atoms with Gasteiger partial charge in [-0.05, 0) is 74.7 Å². The fourth-order valence-electron chi connectivity index (χ4n) is 5.43. The number of carbonyl (C=O) groups is 1. The first-order valence-electron chi connectivity index (χ1n) is 11.4.